The molecule has 0 saturated carbocycles. The zero-order valence-corrected chi connectivity index (χ0v) is 17.8. The molecular weight excluding hydrogens is 437 g/mol. The number of rotatable bonds is 6. The Bertz CT molecular complexity index is 704. The van der Waals surface area contributed by atoms with Crippen molar-refractivity contribution in [1.82, 2.24) is 15.6 Å². The molecule has 2 N–H and O–H groups in total. The number of fused-ring (bicyclic) bond motifs is 1. The molecular formula is C20H28IN5. The number of nitrogens with zero attached hydrogens (tertiary/aromatic N) is 3. The van der Waals surface area contributed by atoms with E-state index in [0.717, 1.165) is 44.1 Å². The third kappa shape index (κ3) is 5.33. The van der Waals surface area contributed by atoms with E-state index < -0.39 is 0 Å². The molecule has 2 heterocycles. The van der Waals surface area contributed by atoms with Crippen LogP contribution < -0.4 is 15.5 Å². The maximum Gasteiger partial charge on any atom is 0.191 e. The van der Waals surface area contributed by atoms with E-state index in [4.69, 9.17) is 0 Å². The van der Waals surface area contributed by atoms with Crippen molar-refractivity contribution in [2.45, 2.75) is 25.8 Å². The number of guanidine groups is 1. The lowest BCUT2D eigenvalue weighted by Crippen LogP contribution is -2.46. The molecule has 140 valence electrons. The molecule has 0 bridgehead atoms. The smallest absolute Gasteiger partial charge is 0.191 e. The second kappa shape index (κ2) is 10.4. The highest BCUT2D eigenvalue weighted by atomic mass is 127. The fourth-order valence-electron chi connectivity index (χ4n) is 3.25. The molecule has 3 rings (SSSR count). The van der Waals surface area contributed by atoms with E-state index in [1.807, 2.05) is 31.4 Å². The molecule has 5 nitrogen and oxygen atoms in total. The summed E-state index contributed by atoms with van der Waals surface area (Å²) in [4.78, 5) is 11.1. The largest absolute Gasteiger partial charge is 0.366 e. The minimum absolute atomic E-state index is 0. The summed E-state index contributed by atoms with van der Waals surface area (Å²) >= 11 is 0. The highest BCUT2D eigenvalue weighted by molar-refractivity contribution is 14.0. The number of hydrogen-bond donors (Lipinski definition) is 2. The van der Waals surface area contributed by atoms with Gasteiger partial charge in [-0.1, -0.05) is 24.3 Å². The summed E-state index contributed by atoms with van der Waals surface area (Å²) < 4.78 is 0. The fraction of sp³-hybridized carbons (Fsp3) is 0.400. The van der Waals surface area contributed by atoms with Gasteiger partial charge >= 0.3 is 0 Å². The quantitative estimate of drug-likeness (QED) is 0.392. The van der Waals surface area contributed by atoms with Gasteiger partial charge in [-0.2, -0.15) is 0 Å². The SMILES string of the molecule is CN=C(NCCc1ccccn1)NCC(C)N1CCc2ccccc21.I. The molecule has 1 aliphatic rings. The molecule has 1 aliphatic heterocycles. The van der Waals surface area contributed by atoms with Crippen LogP contribution in [0.2, 0.25) is 0 Å². The van der Waals surface area contributed by atoms with Crippen molar-refractivity contribution in [2.75, 3.05) is 31.6 Å². The predicted octanol–water partition coefficient (Wildman–Crippen LogP) is 2.86. The van der Waals surface area contributed by atoms with Crippen LogP contribution in [0.3, 0.4) is 0 Å². The minimum atomic E-state index is 0. The molecule has 26 heavy (non-hydrogen) atoms. The monoisotopic (exact) mass is 465 g/mol. The van der Waals surface area contributed by atoms with Crippen LogP contribution in [0.4, 0.5) is 5.69 Å². The van der Waals surface area contributed by atoms with E-state index in [2.05, 4.69) is 56.7 Å². The highest BCUT2D eigenvalue weighted by Crippen LogP contribution is 2.28. The van der Waals surface area contributed by atoms with E-state index in [9.17, 15) is 0 Å². The topological polar surface area (TPSA) is 52.6 Å². The zero-order chi connectivity index (χ0) is 17.5. The molecule has 1 atom stereocenters. The van der Waals surface area contributed by atoms with Gasteiger partial charge in [0.2, 0.25) is 0 Å². The molecule has 0 fully saturated rings. The molecule has 0 spiro atoms. The predicted molar refractivity (Wildman–Crippen MR) is 120 cm³/mol. The molecule has 2 aromatic rings. The Morgan fingerprint density at radius 3 is 2.77 bits per heavy atom. The van der Waals surface area contributed by atoms with Crippen molar-refractivity contribution in [1.29, 1.82) is 0 Å². The zero-order valence-electron chi connectivity index (χ0n) is 15.5. The Kier molecular flexibility index (Phi) is 8.15. The van der Waals surface area contributed by atoms with Crippen LogP contribution in [0.25, 0.3) is 0 Å². The van der Waals surface area contributed by atoms with Crippen molar-refractivity contribution in [3.8, 4) is 0 Å². The Morgan fingerprint density at radius 2 is 2.00 bits per heavy atom. The standard InChI is InChI=1S/C20H27N5.HI/c1-16(25-14-11-17-7-3-4-9-19(17)25)15-24-20(21-2)23-13-10-18-8-5-6-12-22-18;/h3-9,12,16H,10-11,13-15H2,1-2H3,(H2,21,23,24);1H. The number of nitrogens with one attached hydrogen (secondary N) is 2. The van der Waals surface area contributed by atoms with Gasteiger partial charge in [-0.25, -0.2) is 0 Å². The number of aromatic nitrogens is 1. The van der Waals surface area contributed by atoms with Gasteiger partial charge in [0.25, 0.3) is 0 Å². The van der Waals surface area contributed by atoms with Crippen LogP contribution in [0, 0.1) is 0 Å². The minimum Gasteiger partial charge on any atom is -0.366 e. The Balaban J connectivity index is 0.00000243. The van der Waals surface area contributed by atoms with Gasteiger partial charge in [0, 0.05) is 56.7 Å². The summed E-state index contributed by atoms with van der Waals surface area (Å²) in [6.07, 6.45) is 3.85. The van der Waals surface area contributed by atoms with E-state index in [0.29, 0.717) is 6.04 Å². The lowest BCUT2D eigenvalue weighted by Gasteiger charge is -2.28. The maximum absolute atomic E-state index is 4.34. The summed E-state index contributed by atoms with van der Waals surface area (Å²) in [5.41, 5.74) is 3.91. The molecule has 1 unspecified atom stereocenters. The van der Waals surface area contributed by atoms with E-state index in [1.54, 1.807) is 0 Å². The molecule has 0 aliphatic carbocycles. The summed E-state index contributed by atoms with van der Waals surface area (Å²) in [5, 5.41) is 6.80. The Morgan fingerprint density at radius 1 is 1.19 bits per heavy atom. The van der Waals surface area contributed by atoms with Crippen LogP contribution in [-0.4, -0.2) is 43.7 Å². The first-order valence-electron chi connectivity index (χ1n) is 8.97. The lowest BCUT2D eigenvalue weighted by atomic mass is 10.2. The Labute approximate surface area is 173 Å². The molecule has 6 heteroatoms. The number of aliphatic imine (C=N–C) groups is 1. The Hall–Kier alpha value is -1.83. The second-order valence-corrected chi connectivity index (χ2v) is 6.37. The highest BCUT2D eigenvalue weighted by Gasteiger charge is 2.22. The molecule has 1 aromatic carbocycles. The maximum atomic E-state index is 4.34. The number of halogens is 1. The number of hydrogen-bond acceptors (Lipinski definition) is 3. The van der Waals surface area contributed by atoms with Crippen molar-refractivity contribution in [3.63, 3.8) is 0 Å². The van der Waals surface area contributed by atoms with Crippen LogP contribution in [0.5, 0.6) is 0 Å². The molecule has 0 radical (unpaired) electrons. The van der Waals surface area contributed by atoms with Crippen LogP contribution in [0.1, 0.15) is 18.2 Å². The van der Waals surface area contributed by atoms with E-state index in [1.165, 1.54) is 11.3 Å². The number of benzene rings is 1. The molecule has 1 aromatic heterocycles. The van der Waals surface area contributed by atoms with Gasteiger partial charge in [-0.15, -0.1) is 24.0 Å². The van der Waals surface area contributed by atoms with E-state index in [-0.39, 0.29) is 24.0 Å². The summed E-state index contributed by atoms with van der Waals surface area (Å²) in [6, 6.07) is 15.1. The van der Waals surface area contributed by atoms with Crippen LogP contribution >= 0.6 is 24.0 Å². The van der Waals surface area contributed by atoms with Crippen molar-refractivity contribution in [3.05, 3.63) is 59.9 Å². The van der Waals surface area contributed by atoms with Gasteiger partial charge in [0.05, 0.1) is 0 Å². The van der Waals surface area contributed by atoms with Gasteiger partial charge in [0.15, 0.2) is 5.96 Å². The third-order valence-electron chi connectivity index (χ3n) is 4.64. The first-order chi connectivity index (χ1) is 12.3. The van der Waals surface area contributed by atoms with Gasteiger partial charge in [-0.3, -0.25) is 9.98 Å². The third-order valence-corrected chi connectivity index (χ3v) is 4.64. The van der Waals surface area contributed by atoms with Gasteiger partial charge in [0.1, 0.15) is 0 Å². The second-order valence-electron chi connectivity index (χ2n) is 6.37. The first kappa shape index (κ1) is 20.5. The fourth-order valence-corrected chi connectivity index (χ4v) is 3.25. The van der Waals surface area contributed by atoms with E-state index >= 15 is 0 Å². The molecule has 0 amide bonds. The van der Waals surface area contributed by atoms with Gasteiger partial charge < -0.3 is 15.5 Å². The van der Waals surface area contributed by atoms with Gasteiger partial charge in [-0.05, 0) is 37.1 Å². The normalized spacial score (nSPS) is 14.4. The summed E-state index contributed by atoms with van der Waals surface area (Å²) in [6.45, 7) is 5.03. The number of para-hydroxylation sites is 1. The summed E-state index contributed by atoms with van der Waals surface area (Å²) in [5.74, 6) is 0.843. The summed E-state index contributed by atoms with van der Waals surface area (Å²) in [7, 11) is 1.81. The van der Waals surface area contributed by atoms with Crippen LogP contribution in [0.15, 0.2) is 53.7 Å². The van der Waals surface area contributed by atoms with Crippen LogP contribution in [-0.2, 0) is 12.8 Å². The average molecular weight is 465 g/mol. The lowest BCUT2D eigenvalue weighted by molar-refractivity contribution is 0.625. The first-order valence-corrected chi connectivity index (χ1v) is 8.97. The number of anilines is 1. The average Bonchev–Trinajstić information content (AvgIpc) is 3.09. The number of pyridine rings is 1. The van der Waals surface area contributed by atoms with Crippen molar-refractivity contribution >= 4 is 35.6 Å². The van der Waals surface area contributed by atoms with Crippen molar-refractivity contribution in [2.24, 2.45) is 4.99 Å². The molecule has 0 saturated heterocycles. The van der Waals surface area contributed by atoms with Crippen molar-refractivity contribution < 1.29 is 0 Å².